The quantitative estimate of drug-likeness (QED) is 0.779. The van der Waals surface area contributed by atoms with Gasteiger partial charge in [-0.3, -0.25) is 4.90 Å². The van der Waals surface area contributed by atoms with Crippen LogP contribution in [0.4, 0.5) is 0 Å². The number of hydrogen-bond acceptors (Lipinski definition) is 4. The third-order valence-electron chi connectivity index (χ3n) is 3.14. The van der Waals surface area contributed by atoms with E-state index in [0.717, 1.165) is 45.2 Å². The summed E-state index contributed by atoms with van der Waals surface area (Å²) >= 11 is 0. The summed E-state index contributed by atoms with van der Waals surface area (Å²) < 4.78 is 5.65. The van der Waals surface area contributed by atoms with Gasteiger partial charge in [-0.05, 0) is 25.6 Å². The van der Waals surface area contributed by atoms with Crippen molar-refractivity contribution in [1.29, 1.82) is 0 Å². The van der Waals surface area contributed by atoms with Gasteiger partial charge in [0.15, 0.2) is 0 Å². The van der Waals surface area contributed by atoms with Crippen LogP contribution < -0.4 is 4.74 Å². The molecule has 4 nitrogen and oxygen atoms in total. The van der Waals surface area contributed by atoms with Gasteiger partial charge in [-0.1, -0.05) is 0 Å². The average molecular weight is 235 g/mol. The molecular weight excluding hydrogens is 214 g/mol. The minimum atomic E-state index is 0.722. The minimum absolute atomic E-state index is 0.722. The van der Waals surface area contributed by atoms with Gasteiger partial charge in [-0.25, -0.2) is 4.98 Å². The molecule has 0 amide bonds. The van der Waals surface area contributed by atoms with Crippen LogP contribution in [-0.2, 0) is 0 Å². The van der Waals surface area contributed by atoms with Crippen molar-refractivity contribution in [2.24, 2.45) is 0 Å². The van der Waals surface area contributed by atoms with Gasteiger partial charge in [0.25, 0.3) is 0 Å². The maximum Gasteiger partial charge on any atom is 0.213 e. The van der Waals surface area contributed by atoms with Crippen molar-refractivity contribution < 1.29 is 4.74 Å². The van der Waals surface area contributed by atoms with E-state index in [4.69, 9.17) is 4.74 Å². The topological polar surface area (TPSA) is 28.6 Å². The number of hydrogen-bond donors (Lipinski definition) is 0. The lowest BCUT2D eigenvalue weighted by atomic mass is 10.3. The SMILES string of the molecule is Cc1ccnc(OCCN2CCN(C)CC2)c1. The largest absolute Gasteiger partial charge is 0.476 e. The van der Waals surface area contributed by atoms with Crippen molar-refractivity contribution in [3.05, 3.63) is 23.9 Å². The number of nitrogens with zero attached hydrogens (tertiary/aromatic N) is 3. The number of pyridine rings is 1. The molecule has 2 rings (SSSR count). The molecule has 0 radical (unpaired) electrons. The first kappa shape index (κ1) is 12.3. The molecule has 1 aliphatic heterocycles. The smallest absolute Gasteiger partial charge is 0.213 e. The first-order valence-electron chi connectivity index (χ1n) is 6.20. The summed E-state index contributed by atoms with van der Waals surface area (Å²) in [5.41, 5.74) is 1.19. The van der Waals surface area contributed by atoms with E-state index >= 15 is 0 Å². The highest BCUT2D eigenvalue weighted by Gasteiger charge is 2.13. The van der Waals surface area contributed by atoms with Gasteiger partial charge < -0.3 is 9.64 Å². The van der Waals surface area contributed by atoms with Gasteiger partial charge in [0, 0.05) is 45.0 Å². The van der Waals surface area contributed by atoms with Crippen molar-refractivity contribution in [3.8, 4) is 5.88 Å². The number of piperazine rings is 1. The molecule has 1 aromatic heterocycles. The van der Waals surface area contributed by atoms with Crippen LogP contribution in [0, 0.1) is 6.92 Å². The molecule has 0 spiro atoms. The molecule has 0 aliphatic carbocycles. The van der Waals surface area contributed by atoms with E-state index in [1.54, 1.807) is 6.20 Å². The van der Waals surface area contributed by atoms with Crippen LogP contribution >= 0.6 is 0 Å². The highest BCUT2D eigenvalue weighted by molar-refractivity contribution is 5.18. The molecule has 0 saturated carbocycles. The van der Waals surface area contributed by atoms with Gasteiger partial charge in [0.2, 0.25) is 5.88 Å². The zero-order valence-electron chi connectivity index (χ0n) is 10.7. The Bertz CT molecular complexity index is 348. The second-order valence-electron chi connectivity index (χ2n) is 4.66. The Balaban J connectivity index is 1.69. The molecule has 94 valence electrons. The van der Waals surface area contributed by atoms with Crippen molar-refractivity contribution >= 4 is 0 Å². The van der Waals surface area contributed by atoms with E-state index in [1.807, 2.05) is 12.1 Å². The number of likely N-dealkylation sites (N-methyl/N-ethyl adjacent to an activating group) is 1. The lowest BCUT2D eigenvalue weighted by molar-refractivity contribution is 0.132. The minimum Gasteiger partial charge on any atom is -0.476 e. The zero-order valence-corrected chi connectivity index (χ0v) is 10.7. The predicted octanol–water partition coefficient (Wildman–Crippen LogP) is 1.02. The van der Waals surface area contributed by atoms with Crippen molar-refractivity contribution in [3.63, 3.8) is 0 Å². The molecule has 2 heterocycles. The summed E-state index contributed by atoms with van der Waals surface area (Å²) in [6.07, 6.45) is 1.79. The Hall–Kier alpha value is -1.13. The van der Waals surface area contributed by atoms with Crippen LogP contribution in [-0.4, -0.2) is 61.2 Å². The number of rotatable bonds is 4. The first-order chi connectivity index (χ1) is 8.24. The summed E-state index contributed by atoms with van der Waals surface area (Å²) in [6, 6.07) is 3.96. The predicted molar refractivity (Wildman–Crippen MR) is 68.4 cm³/mol. The standard InChI is InChI=1S/C13H21N3O/c1-12-3-4-14-13(11-12)17-10-9-16-7-5-15(2)6-8-16/h3-4,11H,5-10H2,1-2H3. The number of ether oxygens (including phenoxy) is 1. The van der Waals surface area contributed by atoms with Gasteiger partial charge in [-0.15, -0.1) is 0 Å². The van der Waals surface area contributed by atoms with Gasteiger partial charge in [0.1, 0.15) is 6.61 Å². The van der Waals surface area contributed by atoms with E-state index in [1.165, 1.54) is 5.56 Å². The number of aryl methyl sites for hydroxylation is 1. The molecule has 0 aromatic carbocycles. The van der Waals surface area contributed by atoms with Crippen LogP contribution in [0.3, 0.4) is 0 Å². The van der Waals surface area contributed by atoms with Crippen LogP contribution in [0.25, 0.3) is 0 Å². The van der Waals surface area contributed by atoms with Crippen molar-refractivity contribution in [2.75, 3.05) is 46.4 Å². The Morgan fingerprint density at radius 2 is 2.06 bits per heavy atom. The van der Waals surface area contributed by atoms with Gasteiger partial charge >= 0.3 is 0 Å². The summed E-state index contributed by atoms with van der Waals surface area (Å²) in [4.78, 5) is 8.99. The van der Waals surface area contributed by atoms with Gasteiger partial charge in [0.05, 0.1) is 0 Å². The average Bonchev–Trinajstić information content (AvgIpc) is 2.32. The van der Waals surface area contributed by atoms with Crippen molar-refractivity contribution in [2.45, 2.75) is 6.92 Å². The van der Waals surface area contributed by atoms with E-state index in [-0.39, 0.29) is 0 Å². The maximum atomic E-state index is 5.65. The molecule has 1 aromatic rings. The third-order valence-corrected chi connectivity index (χ3v) is 3.14. The Kier molecular flexibility index (Phi) is 4.34. The first-order valence-corrected chi connectivity index (χ1v) is 6.20. The highest BCUT2D eigenvalue weighted by atomic mass is 16.5. The Morgan fingerprint density at radius 1 is 1.29 bits per heavy atom. The molecule has 0 bridgehead atoms. The normalized spacial score (nSPS) is 18.2. The molecule has 1 aliphatic rings. The van der Waals surface area contributed by atoms with Crippen molar-refractivity contribution in [1.82, 2.24) is 14.8 Å². The van der Waals surface area contributed by atoms with Gasteiger partial charge in [-0.2, -0.15) is 0 Å². The van der Waals surface area contributed by atoms with Crippen LogP contribution in [0.5, 0.6) is 5.88 Å². The second-order valence-corrected chi connectivity index (χ2v) is 4.66. The Morgan fingerprint density at radius 3 is 2.76 bits per heavy atom. The molecular formula is C13H21N3O. The van der Waals surface area contributed by atoms with E-state index in [0.29, 0.717) is 0 Å². The molecule has 0 unspecified atom stereocenters. The fourth-order valence-corrected chi connectivity index (χ4v) is 1.94. The number of aromatic nitrogens is 1. The molecule has 4 heteroatoms. The fraction of sp³-hybridized carbons (Fsp3) is 0.615. The summed E-state index contributed by atoms with van der Waals surface area (Å²) in [6.45, 7) is 8.35. The molecule has 17 heavy (non-hydrogen) atoms. The zero-order chi connectivity index (χ0) is 12.1. The van der Waals surface area contributed by atoms with E-state index in [2.05, 4.69) is 28.8 Å². The Labute approximate surface area is 103 Å². The summed E-state index contributed by atoms with van der Waals surface area (Å²) in [5, 5.41) is 0. The highest BCUT2D eigenvalue weighted by Crippen LogP contribution is 2.08. The van der Waals surface area contributed by atoms with E-state index in [9.17, 15) is 0 Å². The van der Waals surface area contributed by atoms with E-state index < -0.39 is 0 Å². The molecule has 0 atom stereocenters. The summed E-state index contributed by atoms with van der Waals surface area (Å²) in [7, 11) is 2.17. The van der Waals surface area contributed by atoms with Crippen LogP contribution in [0.15, 0.2) is 18.3 Å². The molecule has 0 N–H and O–H groups in total. The fourth-order valence-electron chi connectivity index (χ4n) is 1.94. The summed E-state index contributed by atoms with van der Waals surface area (Å²) in [5.74, 6) is 0.735. The lowest BCUT2D eigenvalue weighted by Gasteiger charge is -2.32. The lowest BCUT2D eigenvalue weighted by Crippen LogP contribution is -2.45. The monoisotopic (exact) mass is 235 g/mol. The molecule has 1 saturated heterocycles. The van der Waals surface area contributed by atoms with Crippen LogP contribution in [0.2, 0.25) is 0 Å². The van der Waals surface area contributed by atoms with Crippen LogP contribution in [0.1, 0.15) is 5.56 Å². The second kappa shape index (κ2) is 5.98. The third kappa shape index (κ3) is 3.98. The molecule has 1 fully saturated rings. The maximum absolute atomic E-state index is 5.65.